The fourth-order valence-electron chi connectivity index (χ4n) is 2.65. The molecule has 2 rings (SSSR count). The van der Waals surface area contributed by atoms with E-state index < -0.39 is 17.7 Å². The normalized spacial score (nSPS) is 11.2. The van der Waals surface area contributed by atoms with Crippen LogP contribution < -0.4 is 18.9 Å². The van der Waals surface area contributed by atoms with Crippen LogP contribution in [0.2, 0.25) is 0 Å². The van der Waals surface area contributed by atoms with Crippen LogP contribution in [0.3, 0.4) is 0 Å². The van der Waals surface area contributed by atoms with E-state index in [1.807, 2.05) is 0 Å². The van der Waals surface area contributed by atoms with Crippen molar-refractivity contribution < 1.29 is 38.4 Å². The lowest BCUT2D eigenvalue weighted by molar-refractivity contribution is -0.130. The highest BCUT2D eigenvalue weighted by Crippen LogP contribution is 2.30. The van der Waals surface area contributed by atoms with E-state index in [9.17, 15) is 19.5 Å². The Hall–Kier alpha value is -4.85. The summed E-state index contributed by atoms with van der Waals surface area (Å²) in [5, 5.41) is 10.1. The summed E-state index contributed by atoms with van der Waals surface area (Å²) in [5.74, 6) is -0.930. The number of hydrogen-bond acceptors (Lipinski definition) is 8. The van der Waals surface area contributed by atoms with E-state index in [2.05, 4.69) is 13.2 Å². The van der Waals surface area contributed by atoms with Crippen molar-refractivity contribution in [3.05, 3.63) is 96.8 Å². The average molecular weight is 476 g/mol. The standard InChI is InChI=1S/C27H24O8/c1-5-26(30)34-22-13-9-18(15-24(22)32-3)7-11-20(28)17-21(29)12-8-19-10-14-23(25(16-19)33-4)35-27(31)6-2/h5-17,28H,1-2H2,3-4H3/b11-7+,12-8+,20-17-. The zero-order valence-corrected chi connectivity index (χ0v) is 19.2. The topological polar surface area (TPSA) is 108 Å². The number of allylic oxidation sites excluding steroid dienone is 3. The van der Waals surface area contributed by atoms with E-state index in [0.29, 0.717) is 22.6 Å². The van der Waals surface area contributed by atoms with Crippen LogP contribution in [-0.4, -0.2) is 37.0 Å². The lowest BCUT2D eigenvalue weighted by Gasteiger charge is -2.08. The molecule has 0 radical (unpaired) electrons. The molecule has 2 aromatic rings. The van der Waals surface area contributed by atoms with E-state index >= 15 is 0 Å². The van der Waals surface area contributed by atoms with Crippen LogP contribution in [0, 0.1) is 0 Å². The first-order valence-electron chi connectivity index (χ1n) is 10.1. The molecular formula is C27H24O8. The largest absolute Gasteiger partial charge is 0.508 e. The average Bonchev–Trinajstić information content (AvgIpc) is 2.87. The van der Waals surface area contributed by atoms with Gasteiger partial charge in [-0.2, -0.15) is 0 Å². The smallest absolute Gasteiger partial charge is 0.335 e. The molecule has 1 N–H and O–H groups in total. The molecule has 0 aliphatic carbocycles. The number of aliphatic hydroxyl groups excluding tert-OH is 1. The number of carbonyl (C=O) groups excluding carboxylic acids is 3. The second-order valence-corrected chi connectivity index (χ2v) is 6.71. The van der Waals surface area contributed by atoms with Crippen LogP contribution >= 0.6 is 0 Å². The zero-order chi connectivity index (χ0) is 25.8. The number of benzene rings is 2. The van der Waals surface area contributed by atoms with Crippen molar-refractivity contribution >= 4 is 29.9 Å². The van der Waals surface area contributed by atoms with Crippen molar-refractivity contribution in [3.63, 3.8) is 0 Å². The molecule has 0 unspecified atom stereocenters. The Bertz CT molecular complexity index is 1220. The number of rotatable bonds is 11. The summed E-state index contributed by atoms with van der Waals surface area (Å²) in [6.45, 7) is 6.67. The molecule has 0 fully saturated rings. The van der Waals surface area contributed by atoms with E-state index in [1.54, 1.807) is 30.3 Å². The van der Waals surface area contributed by atoms with Crippen molar-refractivity contribution in [1.29, 1.82) is 0 Å². The Morgan fingerprint density at radius 1 is 0.743 bits per heavy atom. The molecule has 180 valence electrons. The number of esters is 2. The predicted molar refractivity (Wildman–Crippen MR) is 131 cm³/mol. The number of aliphatic hydroxyl groups is 1. The third kappa shape index (κ3) is 8.21. The SMILES string of the molecule is C=CC(=O)Oc1ccc(/C=C/C(=O)/C=C(O)/C=C/c2ccc(OC(=O)C=C)c(OC)c2)cc1OC. The van der Waals surface area contributed by atoms with Crippen molar-refractivity contribution in [2.45, 2.75) is 0 Å². The molecular weight excluding hydrogens is 452 g/mol. The van der Waals surface area contributed by atoms with Gasteiger partial charge in [-0.25, -0.2) is 9.59 Å². The molecule has 0 atom stereocenters. The molecule has 0 saturated heterocycles. The Labute approximate surface area is 202 Å². The molecule has 0 aliphatic heterocycles. The third-order valence-electron chi connectivity index (χ3n) is 4.31. The number of ketones is 1. The van der Waals surface area contributed by atoms with Crippen LogP contribution in [-0.2, 0) is 14.4 Å². The highest BCUT2D eigenvalue weighted by Gasteiger charge is 2.09. The van der Waals surface area contributed by atoms with Crippen LogP contribution in [0.4, 0.5) is 0 Å². The van der Waals surface area contributed by atoms with Crippen molar-refractivity contribution in [2.24, 2.45) is 0 Å². The van der Waals surface area contributed by atoms with E-state index in [4.69, 9.17) is 18.9 Å². The molecule has 35 heavy (non-hydrogen) atoms. The maximum absolute atomic E-state index is 12.2. The lowest BCUT2D eigenvalue weighted by atomic mass is 10.1. The van der Waals surface area contributed by atoms with Gasteiger partial charge < -0.3 is 24.1 Å². The van der Waals surface area contributed by atoms with Gasteiger partial charge in [0.1, 0.15) is 5.76 Å². The summed E-state index contributed by atoms with van der Waals surface area (Å²) in [7, 11) is 2.84. The predicted octanol–water partition coefficient (Wildman–Crippen LogP) is 4.62. The van der Waals surface area contributed by atoms with Crippen LogP contribution in [0.1, 0.15) is 11.1 Å². The van der Waals surface area contributed by atoms with Gasteiger partial charge in [0.2, 0.25) is 0 Å². The third-order valence-corrected chi connectivity index (χ3v) is 4.31. The van der Waals surface area contributed by atoms with Crippen molar-refractivity contribution in [2.75, 3.05) is 14.2 Å². The van der Waals surface area contributed by atoms with Crippen LogP contribution in [0.25, 0.3) is 12.2 Å². The van der Waals surface area contributed by atoms with E-state index in [-0.39, 0.29) is 17.3 Å². The van der Waals surface area contributed by atoms with E-state index in [1.165, 1.54) is 44.6 Å². The number of methoxy groups -OCH3 is 2. The first-order chi connectivity index (χ1) is 16.8. The molecule has 0 spiro atoms. The number of ether oxygens (including phenoxy) is 4. The van der Waals surface area contributed by atoms with Gasteiger partial charge in [0, 0.05) is 18.2 Å². The maximum Gasteiger partial charge on any atom is 0.335 e. The fourth-order valence-corrected chi connectivity index (χ4v) is 2.65. The van der Waals surface area contributed by atoms with Gasteiger partial charge in [-0.05, 0) is 47.5 Å². The molecule has 0 amide bonds. The second kappa shape index (κ2) is 13.0. The maximum atomic E-state index is 12.2. The van der Waals surface area contributed by atoms with Gasteiger partial charge in [-0.15, -0.1) is 0 Å². The Morgan fingerprint density at radius 2 is 1.20 bits per heavy atom. The molecule has 2 aromatic carbocycles. The monoisotopic (exact) mass is 476 g/mol. The summed E-state index contributed by atoms with van der Waals surface area (Å²) in [4.78, 5) is 34.9. The minimum atomic E-state index is -0.624. The lowest BCUT2D eigenvalue weighted by Crippen LogP contribution is -2.04. The molecule has 8 heteroatoms. The Kier molecular flexibility index (Phi) is 9.81. The first kappa shape index (κ1) is 26.4. The van der Waals surface area contributed by atoms with Gasteiger partial charge in [0.15, 0.2) is 28.8 Å². The summed E-state index contributed by atoms with van der Waals surface area (Å²) in [5.41, 5.74) is 1.24. The fraction of sp³-hybridized carbons (Fsp3) is 0.0741. The quantitative estimate of drug-likeness (QED) is 0.165. The molecule has 8 nitrogen and oxygen atoms in total. The minimum absolute atomic E-state index is 0.215. The molecule has 0 aromatic heterocycles. The molecule has 0 heterocycles. The summed E-state index contributed by atoms with van der Waals surface area (Å²) in [6, 6.07) is 9.52. The molecule has 0 bridgehead atoms. The van der Waals surface area contributed by atoms with Gasteiger partial charge in [-0.3, -0.25) is 4.79 Å². The highest BCUT2D eigenvalue weighted by molar-refractivity contribution is 6.02. The number of carbonyl (C=O) groups is 3. The first-order valence-corrected chi connectivity index (χ1v) is 10.1. The molecule has 0 aliphatic rings. The summed E-state index contributed by atoms with van der Waals surface area (Å²) >= 11 is 0. The summed E-state index contributed by atoms with van der Waals surface area (Å²) < 4.78 is 20.5. The Balaban J connectivity index is 2.08. The Morgan fingerprint density at radius 3 is 1.63 bits per heavy atom. The minimum Gasteiger partial charge on any atom is -0.508 e. The van der Waals surface area contributed by atoms with Gasteiger partial charge >= 0.3 is 11.9 Å². The van der Waals surface area contributed by atoms with Gasteiger partial charge in [0.05, 0.1) is 14.2 Å². The van der Waals surface area contributed by atoms with Crippen LogP contribution in [0.15, 0.2) is 85.7 Å². The van der Waals surface area contributed by atoms with Crippen molar-refractivity contribution in [1.82, 2.24) is 0 Å². The van der Waals surface area contributed by atoms with Gasteiger partial charge in [0.25, 0.3) is 0 Å². The number of hydrogen-bond donors (Lipinski definition) is 1. The van der Waals surface area contributed by atoms with Gasteiger partial charge in [-0.1, -0.05) is 37.4 Å². The van der Waals surface area contributed by atoms with E-state index in [0.717, 1.165) is 18.2 Å². The zero-order valence-electron chi connectivity index (χ0n) is 19.2. The van der Waals surface area contributed by atoms with Crippen molar-refractivity contribution in [3.8, 4) is 23.0 Å². The highest BCUT2D eigenvalue weighted by atomic mass is 16.6. The summed E-state index contributed by atoms with van der Waals surface area (Å²) in [6.07, 6.45) is 8.79. The second-order valence-electron chi connectivity index (χ2n) is 6.71. The van der Waals surface area contributed by atoms with Crippen LogP contribution in [0.5, 0.6) is 23.0 Å². The molecule has 0 saturated carbocycles.